The Morgan fingerprint density at radius 3 is 0.889 bits per heavy atom. The van der Waals surface area contributed by atoms with E-state index in [0.29, 0.717) is 0 Å². The zero-order valence-electron chi connectivity index (χ0n) is 15.5. The fraction of sp³-hybridized carbons (Fsp3) is 0.688. The van der Waals surface area contributed by atoms with Gasteiger partial charge in [-0.1, -0.05) is 0 Å². The predicted octanol–water partition coefficient (Wildman–Crippen LogP) is -0.981. The van der Waals surface area contributed by atoms with E-state index < -0.39 is 66.5 Å². The number of hydrogen-bond acceptors (Lipinski definition) is 11. The number of hydrogen-bond donors (Lipinski definition) is 1. The Kier molecular flexibility index (Phi) is 7.70. The Bertz CT molecular complexity index is 569. The van der Waals surface area contributed by atoms with E-state index in [4.69, 9.17) is 23.7 Å². The van der Waals surface area contributed by atoms with Gasteiger partial charge in [-0.05, 0) is 0 Å². The minimum atomic E-state index is -1.74. The summed E-state index contributed by atoms with van der Waals surface area (Å²) in [4.78, 5) is 57.4. The van der Waals surface area contributed by atoms with Crippen LogP contribution in [0.15, 0.2) is 0 Å². The largest absolute Gasteiger partial charge is 0.455 e. The summed E-state index contributed by atoms with van der Waals surface area (Å²) in [5.74, 6) is -4.20. The fourth-order valence-corrected chi connectivity index (χ4v) is 2.77. The van der Waals surface area contributed by atoms with Gasteiger partial charge in [0, 0.05) is 34.6 Å². The van der Waals surface area contributed by atoms with Crippen molar-refractivity contribution in [1.82, 2.24) is 0 Å². The fourth-order valence-electron chi connectivity index (χ4n) is 2.77. The molecule has 152 valence electrons. The van der Waals surface area contributed by atoms with E-state index in [-0.39, 0.29) is 0 Å². The molecule has 1 aliphatic rings. The Balaban J connectivity index is 3.46. The highest BCUT2D eigenvalue weighted by molar-refractivity contribution is 5.70. The van der Waals surface area contributed by atoms with Crippen molar-refractivity contribution in [3.8, 4) is 0 Å². The molecule has 1 aliphatic carbocycles. The SMILES string of the molecule is CC(=O)O[C@@H]1[C@@H](OC(C)=O)[C@@H](OC(C)=O)[C@H](O)[C@H](OC(C)=O)[C@H]1OC(C)=O. The van der Waals surface area contributed by atoms with Gasteiger partial charge in [-0.2, -0.15) is 0 Å². The van der Waals surface area contributed by atoms with Crippen molar-refractivity contribution >= 4 is 29.8 Å². The molecule has 1 N–H and O–H groups in total. The normalized spacial score (nSPS) is 29.9. The molecule has 0 amide bonds. The van der Waals surface area contributed by atoms with Gasteiger partial charge in [0.2, 0.25) is 0 Å². The molecule has 1 rings (SSSR count). The van der Waals surface area contributed by atoms with Gasteiger partial charge in [0.25, 0.3) is 0 Å². The first-order valence-corrected chi connectivity index (χ1v) is 7.98. The number of carbonyl (C=O) groups is 5. The average Bonchev–Trinajstić information content (AvgIpc) is 2.49. The van der Waals surface area contributed by atoms with Crippen LogP contribution in [0.5, 0.6) is 0 Å². The lowest BCUT2D eigenvalue weighted by molar-refractivity contribution is -0.255. The topological polar surface area (TPSA) is 152 Å². The van der Waals surface area contributed by atoms with Gasteiger partial charge >= 0.3 is 29.8 Å². The predicted molar refractivity (Wildman–Crippen MR) is 83.8 cm³/mol. The molecule has 11 nitrogen and oxygen atoms in total. The molecule has 1 saturated carbocycles. The van der Waals surface area contributed by atoms with E-state index in [1.165, 1.54) is 0 Å². The Morgan fingerprint density at radius 2 is 0.667 bits per heavy atom. The van der Waals surface area contributed by atoms with Gasteiger partial charge in [-0.3, -0.25) is 24.0 Å². The van der Waals surface area contributed by atoms with E-state index in [2.05, 4.69) is 0 Å². The minimum Gasteiger partial charge on any atom is -0.455 e. The summed E-state index contributed by atoms with van der Waals surface area (Å²) in [6.45, 7) is 5.21. The van der Waals surface area contributed by atoms with Crippen LogP contribution in [0.2, 0.25) is 0 Å². The smallest absolute Gasteiger partial charge is 0.303 e. The van der Waals surface area contributed by atoms with Gasteiger partial charge in [-0.15, -0.1) is 0 Å². The number of aliphatic hydroxyl groups is 1. The first-order chi connectivity index (χ1) is 12.4. The van der Waals surface area contributed by atoms with E-state index in [1.54, 1.807) is 0 Å². The minimum absolute atomic E-state index is 0.839. The summed E-state index contributed by atoms with van der Waals surface area (Å²) in [7, 11) is 0. The molecule has 0 heterocycles. The highest BCUT2D eigenvalue weighted by Gasteiger charge is 2.58. The molecule has 0 radical (unpaired) electrons. The van der Waals surface area contributed by atoms with Crippen LogP contribution in [0, 0.1) is 0 Å². The van der Waals surface area contributed by atoms with Crippen molar-refractivity contribution in [3.05, 3.63) is 0 Å². The van der Waals surface area contributed by atoms with Crippen molar-refractivity contribution in [2.24, 2.45) is 0 Å². The Labute approximate surface area is 154 Å². The Morgan fingerprint density at radius 1 is 0.481 bits per heavy atom. The molecular formula is C16H22O11. The molecule has 6 atom stereocenters. The molecule has 0 aliphatic heterocycles. The van der Waals surface area contributed by atoms with E-state index in [9.17, 15) is 29.1 Å². The molecule has 0 aromatic carbocycles. The van der Waals surface area contributed by atoms with Crippen LogP contribution in [-0.4, -0.2) is 71.6 Å². The maximum absolute atomic E-state index is 11.5. The molecule has 11 heteroatoms. The van der Waals surface area contributed by atoms with Crippen LogP contribution in [-0.2, 0) is 47.7 Å². The third-order valence-electron chi connectivity index (χ3n) is 3.48. The van der Waals surface area contributed by atoms with Gasteiger partial charge < -0.3 is 28.8 Å². The van der Waals surface area contributed by atoms with Crippen LogP contribution in [0.25, 0.3) is 0 Å². The van der Waals surface area contributed by atoms with Crippen LogP contribution in [0.4, 0.5) is 0 Å². The zero-order valence-corrected chi connectivity index (χ0v) is 15.5. The molecule has 0 spiro atoms. The lowest BCUT2D eigenvalue weighted by Crippen LogP contribution is -2.68. The second kappa shape index (κ2) is 9.31. The number of ether oxygens (including phenoxy) is 5. The Hall–Kier alpha value is -2.69. The van der Waals surface area contributed by atoms with Crippen LogP contribution in [0.3, 0.4) is 0 Å². The van der Waals surface area contributed by atoms with Crippen LogP contribution >= 0.6 is 0 Å². The molecule has 1 fully saturated rings. The van der Waals surface area contributed by atoms with Crippen molar-refractivity contribution in [2.45, 2.75) is 71.2 Å². The first kappa shape index (κ1) is 22.4. The first-order valence-electron chi connectivity index (χ1n) is 7.98. The van der Waals surface area contributed by atoms with E-state index >= 15 is 0 Å². The number of carbonyl (C=O) groups excluding carboxylic acids is 5. The monoisotopic (exact) mass is 390 g/mol. The second-order valence-corrected chi connectivity index (χ2v) is 5.86. The third kappa shape index (κ3) is 6.20. The number of esters is 5. The molecule has 0 aromatic rings. The standard InChI is InChI=1S/C16H22O11/c1-6(17)23-12-11(22)13(24-7(2)18)15(26-9(4)20)16(27-10(5)21)14(12)25-8(3)19/h11-16,22H,1-5H3/t11-,12-,13-,14-,15+,16+/m0/s1. The molecule has 0 aromatic heterocycles. The zero-order chi connectivity index (χ0) is 20.9. The van der Waals surface area contributed by atoms with Gasteiger partial charge in [0.05, 0.1) is 0 Å². The second-order valence-electron chi connectivity index (χ2n) is 5.86. The summed E-state index contributed by atoms with van der Waals surface area (Å²) < 4.78 is 25.2. The number of rotatable bonds is 5. The highest BCUT2D eigenvalue weighted by atomic mass is 16.7. The van der Waals surface area contributed by atoms with Crippen LogP contribution in [0.1, 0.15) is 34.6 Å². The average molecular weight is 390 g/mol. The van der Waals surface area contributed by atoms with Gasteiger partial charge in [0.1, 0.15) is 6.10 Å². The molecule has 0 saturated heterocycles. The van der Waals surface area contributed by atoms with Crippen molar-refractivity contribution in [3.63, 3.8) is 0 Å². The number of aliphatic hydroxyl groups excluding tert-OH is 1. The summed E-state index contributed by atoms with van der Waals surface area (Å²) in [5.41, 5.74) is 0. The van der Waals surface area contributed by atoms with Crippen molar-refractivity contribution in [1.29, 1.82) is 0 Å². The van der Waals surface area contributed by atoms with Gasteiger partial charge in [-0.25, -0.2) is 0 Å². The summed E-state index contributed by atoms with van der Waals surface area (Å²) in [5, 5.41) is 10.6. The van der Waals surface area contributed by atoms with E-state index in [1.807, 2.05) is 0 Å². The van der Waals surface area contributed by atoms with Gasteiger partial charge in [0.15, 0.2) is 30.5 Å². The summed E-state index contributed by atoms with van der Waals surface area (Å²) >= 11 is 0. The maximum Gasteiger partial charge on any atom is 0.303 e. The molecular weight excluding hydrogens is 368 g/mol. The van der Waals surface area contributed by atoms with Crippen molar-refractivity contribution < 1.29 is 52.8 Å². The molecule has 27 heavy (non-hydrogen) atoms. The third-order valence-corrected chi connectivity index (χ3v) is 3.48. The lowest BCUT2D eigenvalue weighted by Gasteiger charge is -2.45. The lowest BCUT2D eigenvalue weighted by atomic mass is 9.84. The summed E-state index contributed by atoms with van der Waals surface area (Å²) in [6.07, 6.45) is -9.37. The quantitative estimate of drug-likeness (QED) is 0.455. The van der Waals surface area contributed by atoms with Crippen LogP contribution < -0.4 is 0 Å². The summed E-state index contributed by atoms with van der Waals surface area (Å²) in [6, 6.07) is 0. The molecule has 0 bridgehead atoms. The van der Waals surface area contributed by atoms with Crippen molar-refractivity contribution in [2.75, 3.05) is 0 Å². The molecule has 0 unspecified atom stereocenters. The van der Waals surface area contributed by atoms with E-state index in [0.717, 1.165) is 34.6 Å². The highest BCUT2D eigenvalue weighted by Crippen LogP contribution is 2.32. The maximum atomic E-state index is 11.5.